The summed E-state index contributed by atoms with van der Waals surface area (Å²) >= 11 is 4.92. The third-order valence-electron chi connectivity index (χ3n) is 0.203. The van der Waals surface area contributed by atoms with Crippen LogP contribution in [0.2, 0.25) is 0 Å². The molecule has 0 aliphatic rings. The van der Waals surface area contributed by atoms with Gasteiger partial charge in [-0.1, -0.05) is 0 Å². The van der Waals surface area contributed by atoms with E-state index in [-0.39, 0.29) is 0 Å². The van der Waals surface area contributed by atoms with E-state index < -0.39 is 7.12 Å². The first kappa shape index (κ1) is 5.42. The Labute approximate surface area is 36.8 Å². The van der Waals surface area contributed by atoms with Crippen LogP contribution in [0.3, 0.4) is 0 Å². The fraction of sp³-hybridized carbons (Fsp3) is 0.500. The zero-order chi connectivity index (χ0) is 4.28. The van der Waals surface area contributed by atoms with Gasteiger partial charge in [-0.3, -0.25) is 0 Å². The first-order valence-corrected chi connectivity index (χ1v) is 3.42. The van der Waals surface area contributed by atoms with E-state index in [0.717, 1.165) is 0 Å². The van der Waals surface area contributed by atoms with Crippen molar-refractivity contribution in [2.45, 2.75) is 6.92 Å². The maximum absolute atomic E-state index is 9.67. The molecule has 0 spiro atoms. The third kappa shape index (κ3) is 4.42. The zero-order valence-electron chi connectivity index (χ0n) is 2.81. The average Bonchev–Trinajstić information content (AvgIpc) is 1.38. The van der Waals surface area contributed by atoms with Gasteiger partial charge < -0.3 is 4.89 Å². The summed E-state index contributed by atoms with van der Waals surface area (Å²) in [5, 5.41) is 0. The Kier molecular flexibility index (Phi) is 2.87. The molecular formula is C2H4ClOP. The number of hydrogen-bond donors (Lipinski definition) is 0. The Morgan fingerprint density at radius 1 is 2.00 bits per heavy atom. The van der Waals surface area contributed by atoms with Crippen LogP contribution in [0.15, 0.2) is 0 Å². The highest BCUT2D eigenvalue weighted by molar-refractivity contribution is 7.77. The Hall–Kier alpha value is 0.420. The van der Waals surface area contributed by atoms with E-state index in [1.807, 2.05) is 0 Å². The normalized spacial score (nSPS) is 12.2. The minimum Gasteiger partial charge on any atom is -0.615 e. The topological polar surface area (TPSA) is 23.1 Å². The van der Waals surface area contributed by atoms with Gasteiger partial charge in [0.1, 0.15) is 0 Å². The van der Waals surface area contributed by atoms with E-state index in [9.17, 15) is 4.89 Å². The van der Waals surface area contributed by atoms with Crippen LogP contribution >= 0.6 is 18.4 Å². The summed E-state index contributed by atoms with van der Waals surface area (Å²) in [6.07, 6.45) is 0. The molecule has 0 aromatic carbocycles. The summed E-state index contributed by atoms with van der Waals surface area (Å²) in [4.78, 5) is 9.67. The van der Waals surface area contributed by atoms with Crippen LogP contribution in [0.4, 0.5) is 0 Å². The summed E-state index contributed by atoms with van der Waals surface area (Å²) in [5.41, 5.74) is 0. The molecule has 0 aromatic rings. The summed E-state index contributed by atoms with van der Waals surface area (Å²) in [5.74, 6) is 1.44. The minimum atomic E-state index is -1.50. The van der Waals surface area contributed by atoms with Gasteiger partial charge in [0.05, 0.1) is 5.80 Å². The molecule has 0 saturated heterocycles. The average molecular weight is 110 g/mol. The second kappa shape index (κ2) is 2.65. The van der Waals surface area contributed by atoms with E-state index in [2.05, 4.69) is 0 Å². The Bertz CT molecular complexity index is 47.6. The fourth-order valence-electron chi connectivity index (χ4n) is 0. The molecule has 0 N–H and O–H groups in total. The van der Waals surface area contributed by atoms with E-state index in [4.69, 9.17) is 11.2 Å². The monoisotopic (exact) mass is 110 g/mol. The lowest BCUT2D eigenvalue weighted by molar-refractivity contribution is -0.147. The molecule has 0 heterocycles. The quantitative estimate of drug-likeness (QED) is 0.422. The van der Waals surface area contributed by atoms with Gasteiger partial charge in [-0.05, 0) is 6.92 Å². The van der Waals surface area contributed by atoms with Gasteiger partial charge in [-0.25, -0.2) is 0 Å². The van der Waals surface area contributed by atoms with Crippen molar-refractivity contribution in [2.24, 2.45) is 0 Å². The van der Waals surface area contributed by atoms with Gasteiger partial charge in [0.25, 0.3) is 0 Å². The van der Waals surface area contributed by atoms with Crippen LogP contribution in [0.1, 0.15) is 6.92 Å². The van der Waals surface area contributed by atoms with Crippen LogP contribution in [0.5, 0.6) is 0 Å². The lowest BCUT2D eigenvalue weighted by atomic mass is 11.0. The van der Waals surface area contributed by atoms with Crippen molar-refractivity contribution in [3.8, 4) is 0 Å². The molecule has 0 aliphatic carbocycles. The molecule has 1 nitrogen and oxygen atoms in total. The summed E-state index contributed by atoms with van der Waals surface area (Å²) in [7, 11) is -1.50. The molecule has 0 aliphatic heterocycles. The minimum absolute atomic E-state index is 1.44. The predicted octanol–water partition coefficient (Wildman–Crippen LogP) is 0.719. The van der Waals surface area contributed by atoms with Crippen molar-refractivity contribution in [2.75, 3.05) is 0 Å². The summed E-state index contributed by atoms with van der Waals surface area (Å²) in [6, 6.07) is 0. The second-order valence-electron chi connectivity index (χ2n) is 0.530. The molecule has 30 valence electrons. The molecule has 3 heteroatoms. The highest BCUT2D eigenvalue weighted by atomic mass is 35.7. The maximum Gasteiger partial charge on any atom is 0.167 e. The van der Waals surface area contributed by atoms with Gasteiger partial charge in [0.2, 0.25) is 0 Å². The molecule has 0 radical (unpaired) electrons. The van der Waals surface area contributed by atoms with Gasteiger partial charge in [0.15, 0.2) is 18.4 Å². The largest absolute Gasteiger partial charge is 0.615 e. The standard InChI is InChI=1S/C2H4ClOP/c1-2-5(3)4/h2H,1H3. The fourth-order valence-corrected chi connectivity index (χ4v) is 0. The molecular weight excluding hydrogens is 106 g/mol. The first-order chi connectivity index (χ1) is 2.27. The third-order valence-corrected chi connectivity index (χ3v) is 1.19. The van der Waals surface area contributed by atoms with Crippen molar-refractivity contribution >= 4 is 24.2 Å². The van der Waals surface area contributed by atoms with Gasteiger partial charge in [-0.15, -0.1) is 0 Å². The molecule has 5 heavy (non-hydrogen) atoms. The highest BCUT2D eigenvalue weighted by Gasteiger charge is 1.72. The molecule has 0 rings (SSSR count). The second-order valence-corrected chi connectivity index (χ2v) is 2.59. The molecule has 1 unspecified atom stereocenters. The van der Waals surface area contributed by atoms with Crippen LogP contribution < -0.4 is 4.89 Å². The zero-order valence-corrected chi connectivity index (χ0v) is 4.46. The lowest BCUT2D eigenvalue weighted by Gasteiger charge is -1.70. The van der Waals surface area contributed by atoms with Gasteiger partial charge >= 0.3 is 0 Å². The van der Waals surface area contributed by atoms with Crippen molar-refractivity contribution < 1.29 is 4.89 Å². The molecule has 1 atom stereocenters. The molecule has 0 fully saturated rings. The number of rotatable bonds is 0. The van der Waals surface area contributed by atoms with E-state index in [1.165, 1.54) is 5.80 Å². The van der Waals surface area contributed by atoms with E-state index >= 15 is 0 Å². The van der Waals surface area contributed by atoms with Crippen LogP contribution in [-0.2, 0) is 0 Å². The lowest BCUT2D eigenvalue weighted by Crippen LogP contribution is -1.77. The number of hydrogen-bond acceptors (Lipinski definition) is 1. The van der Waals surface area contributed by atoms with Gasteiger partial charge in [0, 0.05) is 0 Å². The van der Waals surface area contributed by atoms with Crippen molar-refractivity contribution in [3.63, 3.8) is 0 Å². The summed E-state index contributed by atoms with van der Waals surface area (Å²) in [6.45, 7) is 1.66. The van der Waals surface area contributed by atoms with Crippen molar-refractivity contribution in [3.05, 3.63) is 0 Å². The Morgan fingerprint density at radius 3 is 2.20 bits per heavy atom. The number of halogens is 1. The SMILES string of the molecule is C/C=[P+](/[O-])Cl. The van der Waals surface area contributed by atoms with Gasteiger partial charge in [-0.2, -0.15) is 0 Å². The molecule has 0 bridgehead atoms. The van der Waals surface area contributed by atoms with E-state index in [0.29, 0.717) is 0 Å². The Morgan fingerprint density at radius 2 is 2.20 bits per heavy atom. The predicted molar refractivity (Wildman–Crippen MR) is 24.5 cm³/mol. The van der Waals surface area contributed by atoms with Crippen molar-refractivity contribution in [1.82, 2.24) is 0 Å². The van der Waals surface area contributed by atoms with Crippen molar-refractivity contribution in [1.29, 1.82) is 0 Å². The highest BCUT2D eigenvalue weighted by Crippen LogP contribution is 2.12. The molecule has 0 saturated carbocycles. The van der Waals surface area contributed by atoms with Crippen LogP contribution in [-0.4, -0.2) is 5.80 Å². The summed E-state index contributed by atoms with van der Waals surface area (Å²) < 4.78 is 0. The van der Waals surface area contributed by atoms with Crippen LogP contribution in [0.25, 0.3) is 0 Å². The van der Waals surface area contributed by atoms with Crippen LogP contribution in [0, 0.1) is 0 Å². The van der Waals surface area contributed by atoms with E-state index in [1.54, 1.807) is 6.92 Å². The Balaban J connectivity index is 3.14. The first-order valence-electron chi connectivity index (χ1n) is 1.19. The maximum atomic E-state index is 9.67. The molecule has 0 aromatic heterocycles. The smallest absolute Gasteiger partial charge is 0.167 e. The molecule has 0 amide bonds.